The van der Waals surface area contributed by atoms with Gasteiger partial charge in [0.25, 0.3) is 0 Å². The summed E-state index contributed by atoms with van der Waals surface area (Å²) < 4.78 is 18.9. The molecule has 0 aliphatic rings. The molecule has 22 heavy (non-hydrogen) atoms. The third-order valence-corrected chi connectivity index (χ3v) is 3.10. The topological polar surface area (TPSA) is 58.6 Å². The normalized spacial score (nSPS) is 11.7. The highest BCUT2D eigenvalue weighted by atomic mass is 19.1. The predicted octanol–water partition coefficient (Wildman–Crippen LogP) is 2.44. The lowest BCUT2D eigenvalue weighted by molar-refractivity contribution is -0.122. The van der Waals surface area contributed by atoms with Crippen molar-refractivity contribution in [2.24, 2.45) is 0 Å². The van der Waals surface area contributed by atoms with E-state index in [9.17, 15) is 14.3 Å². The van der Waals surface area contributed by atoms with Crippen LogP contribution in [0.3, 0.4) is 0 Å². The highest BCUT2D eigenvalue weighted by Crippen LogP contribution is 2.15. The molecule has 4 nitrogen and oxygen atoms in total. The Hall–Kier alpha value is -2.40. The Balaban J connectivity index is 1.70. The van der Waals surface area contributed by atoms with Crippen molar-refractivity contribution < 1.29 is 19.0 Å². The Bertz CT molecular complexity index is 604. The van der Waals surface area contributed by atoms with Crippen molar-refractivity contribution in [1.82, 2.24) is 5.32 Å². The number of ether oxygens (including phenoxy) is 1. The van der Waals surface area contributed by atoms with Crippen molar-refractivity contribution in [1.29, 1.82) is 0 Å². The second-order valence-corrected chi connectivity index (χ2v) is 4.75. The third-order valence-electron chi connectivity index (χ3n) is 3.10. The molecule has 2 aromatic rings. The van der Waals surface area contributed by atoms with Crippen LogP contribution >= 0.6 is 0 Å². The lowest BCUT2D eigenvalue weighted by atomic mass is 10.1. The van der Waals surface area contributed by atoms with Gasteiger partial charge in [-0.1, -0.05) is 36.4 Å². The maximum Gasteiger partial charge on any atom is 0.223 e. The van der Waals surface area contributed by atoms with E-state index in [1.807, 2.05) is 18.2 Å². The number of rotatable bonds is 7. The molecular weight excluding hydrogens is 285 g/mol. The van der Waals surface area contributed by atoms with E-state index in [0.29, 0.717) is 5.75 Å². The molecule has 0 radical (unpaired) electrons. The van der Waals surface area contributed by atoms with Crippen molar-refractivity contribution in [3.8, 4) is 5.75 Å². The molecule has 0 aliphatic carbocycles. The van der Waals surface area contributed by atoms with E-state index >= 15 is 0 Å². The van der Waals surface area contributed by atoms with Gasteiger partial charge in [0.1, 0.15) is 11.6 Å². The molecule has 0 aromatic heterocycles. The van der Waals surface area contributed by atoms with E-state index in [1.54, 1.807) is 24.3 Å². The monoisotopic (exact) mass is 303 g/mol. The number of aliphatic hydroxyl groups is 1. The molecule has 0 fully saturated rings. The number of carbonyl (C=O) groups excluding carboxylic acids is 1. The minimum absolute atomic E-state index is 0.0366. The Kier molecular flexibility index (Phi) is 5.91. The molecule has 0 saturated carbocycles. The van der Waals surface area contributed by atoms with Gasteiger partial charge >= 0.3 is 0 Å². The van der Waals surface area contributed by atoms with Crippen LogP contribution in [0.25, 0.3) is 0 Å². The van der Waals surface area contributed by atoms with Gasteiger partial charge in [-0.15, -0.1) is 0 Å². The molecule has 2 rings (SSSR count). The van der Waals surface area contributed by atoms with Gasteiger partial charge in [-0.3, -0.25) is 4.79 Å². The molecule has 2 aromatic carbocycles. The second-order valence-electron chi connectivity index (χ2n) is 4.75. The number of aliphatic hydroxyl groups excluding tert-OH is 1. The summed E-state index contributed by atoms with van der Waals surface area (Å²) in [6.07, 6.45) is -0.904. The first-order chi connectivity index (χ1) is 10.7. The summed E-state index contributed by atoms with van der Waals surface area (Å²) in [5, 5.41) is 12.4. The number of hydrogen-bond acceptors (Lipinski definition) is 3. The first-order valence-corrected chi connectivity index (χ1v) is 7.04. The molecule has 0 aliphatic heterocycles. The largest absolute Gasteiger partial charge is 0.493 e. The van der Waals surface area contributed by atoms with Gasteiger partial charge in [0.2, 0.25) is 5.91 Å². The minimum atomic E-state index is -1.07. The van der Waals surface area contributed by atoms with Crippen molar-refractivity contribution >= 4 is 5.91 Å². The van der Waals surface area contributed by atoms with Gasteiger partial charge in [-0.25, -0.2) is 4.39 Å². The summed E-state index contributed by atoms with van der Waals surface area (Å²) in [5.41, 5.74) is 0.170. The highest BCUT2D eigenvalue weighted by molar-refractivity contribution is 5.76. The molecule has 5 heteroatoms. The van der Waals surface area contributed by atoms with Crippen LogP contribution in [0.5, 0.6) is 5.75 Å². The van der Waals surface area contributed by atoms with E-state index in [4.69, 9.17) is 4.74 Å². The Morgan fingerprint density at radius 1 is 1.14 bits per heavy atom. The summed E-state index contributed by atoms with van der Waals surface area (Å²) in [5.74, 6) is -0.0512. The first kappa shape index (κ1) is 16.0. The number of hydrogen-bond donors (Lipinski definition) is 2. The number of amides is 1. The molecule has 2 N–H and O–H groups in total. The van der Waals surface area contributed by atoms with Crippen molar-refractivity contribution in [2.75, 3.05) is 13.2 Å². The number of carbonyl (C=O) groups is 1. The third kappa shape index (κ3) is 4.86. The van der Waals surface area contributed by atoms with E-state index in [2.05, 4.69) is 5.32 Å². The Morgan fingerprint density at radius 2 is 1.82 bits per heavy atom. The van der Waals surface area contributed by atoms with Gasteiger partial charge < -0.3 is 15.2 Å². The first-order valence-electron chi connectivity index (χ1n) is 7.04. The summed E-state index contributed by atoms with van der Waals surface area (Å²) in [4.78, 5) is 11.7. The van der Waals surface area contributed by atoms with E-state index in [0.717, 1.165) is 0 Å². The van der Waals surface area contributed by atoms with Crippen LogP contribution in [-0.2, 0) is 4.79 Å². The molecule has 1 atom stereocenters. The number of nitrogens with one attached hydrogen (secondary N) is 1. The van der Waals surface area contributed by atoms with Gasteiger partial charge in [0, 0.05) is 12.1 Å². The minimum Gasteiger partial charge on any atom is -0.493 e. The summed E-state index contributed by atoms with van der Waals surface area (Å²) in [7, 11) is 0. The fourth-order valence-corrected chi connectivity index (χ4v) is 1.93. The van der Waals surface area contributed by atoms with Crippen LogP contribution in [0.1, 0.15) is 18.1 Å². The molecule has 0 bridgehead atoms. The number of halogens is 1. The Morgan fingerprint density at radius 3 is 2.55 bits per heavy atom. The molecule has 1 amide bonds. The van der Waals surface area contributed by atoms with Gasteiger partial charge in [-0.05, 0) is 18.2 Å². The lowest BCUT2D eigenvalue weighted by Gasteiger charge is -2.13. The predicted molar refractivity (Wildman–Crippen MR) is 80.9 cm³/mol. The summed E-state index contributed by atoms with van der Waals surface area (Å²) in [6.45, 7) is 0.205. The molecular formula is C17H18FNO3. The molecule has 116 valence electrons. The molecule has 0 spiro atoms. The SMILES string of the molecule is O=C(CCOc1ccccc1)NC[C@@H](O)c1ccccc1F. The van der Waals surface area contributed by atoms with Crippen molar-refractivity contribution in [2.45, 2.75) is 12.5 Å². The maximum atomic E-state index is 13.5. The fraction of sp³-hybridized carbons (Fsp3) is 0.235. The van der Waals surface area contributed by atoms with Gasteiger partial charge in [0.15, 0.2) is 0 Å². The standard InChI is InChI=1S/C17H18FNO3/c18-15-9-5-4-8-14(15)16(20)12-19-17(21)10-11-22-13-6-2-1-3-7-13/h1-9,16,20H,10-12H2,(H,19,21)/t16-/m1/s1. The van der Waals surface area contributed by atoms with Gasteiger partial charge in [0.05, 0.1) is 19.1 Å². The molecule has 0 saturated heterocycles. The van der Waals surface area contributed by atoms with Crippen LogP contribution in [-0.4, -0.2) is 24.2 Å². The summed E-state index contributed by atoms with van der Waals surface area (Å²) >= 11 is 0. The van der Waals surface area contributed by atoms with Crippen molar-refractivity contribution in [3.63, 3.8) is 0 Å². The molecule has 0 heterocycles. The zero-order valence-electron chi connectivity index (χ0n) is 12.0. The molecule has 0 unspecified atom stereocenters. The Labute approximate surface area is 128 Å². The zero-order valence-corrected chi connectivity index (χ0v) is 12.0. The van der Waals surface area contributed by atoms with Crippen LogP contribution in [0.2, 0.25) is 0 Å². The second kappa shape index (κ2) is 8.14. The van der Waals surface area contributed by atoms with Crippen molar-refractivity contribution in [3.05, 3.63) is 66.0 Å². The average Bonchev–Trinajstić information content (AvgIpc) is 2.54. The fourth-order valence-electron chi connectivity index (χ4n) is 1.93. The number of benzene rings is 2. The highest BCUT2D eigenvalue weighted by Gasteiger charge is 2.13. The quantitative estimate of drug-likeness (QED) is 0.826. The smallest absolute Gasteiger partial charge is 0.223 e. The maximum absolute atomic E-state index is 13.5. The number of para-hydroxylation sites is 1. The van der Waals surface area contributed by atoms with Crippen LogP contribution < -0.4 is 10.1 Å². The van der Waals surface area contributed by atoms with E-state index < -0.39 is 11.9 Å². The summed E-state index contributed by atoms with van der Waals surface area (Å²) in [6, 6.07) is 15.1. The van der Waals surface area contributed by atoms with Crippen LogP contribution in [0.4, 0.5) is 4.39 Å². The van der Waals surface area contributed by atoms with Crippen LogP contribution in [0.15, 0.2) is 54.6 Å². The zero-order chi connectivity index (χ0) is 15.8. The van der Waals surface area contributed by atoms with E-state index in [1.165, 1.54) is 12.1 Å². The lowest BCUT2D eigenvalue weighted by Crippen LogP contribution is -2.29. The van der Waals surface area contributed by atoms with E-state index in [-0.39, 0.29) is 31.0 Å². The average molecular weight is 303 g/mol. The van der Waals surface area contributed by atoms with Crippen LogP contribution in [0, 0.1) is 5.82 Å². The van der Waals surface area contributed by atoms with Gasteiger partial charge in [-0.2, -0.15) is 0 Å².